The van der Waals surface area contributed by atoms with Crippen molar-refractivity contribution in [2.24, 2.45) is 0 Å². The van der Waals surface area contributed by atoms with Crippen molar-refractivity contribution in [3.05, 3.63) is 29.8 Å². The van der Waals surface area contributed by atoms with Crippen LogP contribution in [0.1, 0.15) is 26.3 Å². The molecule has 0 fully saturated rings. The average Bonchev–Trinajstić information content (AvgIpc) is 2.38. The molecule has 0 saturated carbocycles. The van der Waals surface area contributed by atoms with Gasteiger partial charge in [0.1, 0.15) is 0 Å². The molecule has 0 aromatic heterocycles. The van der Waals surface area contributed by atoms with Crippen molar-refractivity contribution >= 4 is 23.4 Å². The Kier molecular flexibility index (Phi) is 7.60. The molecule has 0 atom stereocenters. The summed E-state index contributed by atoms with van der Waals surface area (Å²) in [6, 6.07) is 8.07. The number of hydrogen-bond donors (Lipinski definition) is 1. The molecular formula is C15H24N2OS. The second-order valence-corrected chi connectivity index (χ2v) is 5.57. The first kappa shape index (κ1) is 16.1. The predicted molar refractivity (Wildman–Crippen MR) is 84.7 cm³/mol. The average molecular weight is 280 g/mol. The third kappa shape index (κ3) is 6.64. The number of rotatable bonds is 8. The Labute approximate surface area is 120 Å². The Morgan fingerprint density at radius 1 is 1.32 bits per heavy atom. The van der Waals surface area contributed by atoms with Crippen LogP contribution in [0.4, 0.5) is 5.69 Å². The van der Waals surface area contributed by atoms with Gasteiger partial charge in [0, 0.05) is 30.7 Å². The fourth-order valence-electron chi connectivity index (χ4n) is 1.87. The highest BCUT2D eigenvalue weighted by Crippen LogP contribution is 2.16. The monoisotopic (exact) mass is 280 g/mol. The summed E-state index contributed by atoms with van der Waals surface area (Å²) in [6.45, 7) is 9.31. The summed E-state index contributed by atoms with van der Waals surface area (Å²) in [5, 5.41) is 2.82. The molecular weight excluding hydrogens is 256 g/mol. The summed E-state index contributed by atoms with van der Waals surface area (Å²) in [5.74, 6) is 2.12. The first-order valence-electron chi connectivity index (χ1n) is 6.82. The fourth-order valence-corrected chi connectivity index (χ4v) is 2.81. The molecule has 0 saturated heterocycles. The van der Waals surface area contributed by atoms with Gasteiger partial charge in [0.15, 0.2) is 0 Å². The third-order valence-corrected chi connectivity index (χ3v) is 3.97. The molecule has 0 aliphatic rings. The van der Waals surface area contributed by atoms with Crippen molar-refractivity contribution in [1.29, 1.82) is 0 Å². The quantitative estimate of drug-likeness (QED) is 0.742. The first-order valence-corrected chi connectivity index (χ1v) is 7.97. The number of benzene rings is 1. The number of carbonyl (C=O) groups is 1. The van der Waals surface area contributed by atoms with Gasteiger partial charge in [-0.1, -0.05) is 26.0 Å². The molecule has 106 valence electrons. The van der Waals surface area contributed by atoms with Crippen LogP contribution < -0.4 is 5.32 Å². The highest BCUT2D eigenvalue weighted by atomic mass is 32.2. The highest BCUT2D eigenvalue weighted by molar-refractivity contribution is 7.98. The minimum Gasteiger partial charge on any atom is -0.326 e. The van der Waals surface area contributed by atoms with Crippen LogP contribution in [-0.4, -0.2) is 36.2 Å². The maximum absolute atomic E-state index is 11.0. The molecule has 0 spiro atoms. The van der Waals surface area contributed by atoms with Crippen molar-refractivity contribution in [2.45, 2.75) is 26.5 Å². The van der Waals surface area contributed by atoms with Gasteiger partial charge < -0.3 is 10.2 Å². The lowest BCUT2D eigenvalue weighted by Gasteiger charge is -2.17. The molecule has 0 aliphatic carbocycles. The van der Waals surface area contributed by atoms with Crippen LogP contribution in [0.15, 0.2) is 24.3 Å². The maximum atomic E-state index is 11.0. The van der Waals surface area contributed by atoms with Crippen LogP contribution in [0, 0.1) is 0 Å². The van der Waals surface area contributed by atoms with Crippen LogP contribution in [0.3, 0.4) is 0 Å². The zero-order valence-corrected chi connectivity index (χ0v) is 12.9. The Bertz CT molecular complexity index is 391. The van der Waals surface area contributed by atoms with Crippen molar-refractivity contribution in [3.8, 4) is 0 Å². The number of carbonyl (C=O) groups excluding carboxylic acids is 1. The van der Waals surface area contributed by atoms with Gasteiger partial charge in [-0.2, -0.15) is 11.8 Å². The van der Waals surface area contributed by atoms with E-state index in [0.717, 1.165) is 36.8 Å². The van der Waals surface area contributed by atoms with Crippen molar-refractivity contribution in [2.75, 3.05) is 30.7 Å². The fraction of sp³-hybridized carbons (Fsp3) is 0.533. The highest BCUT2D eigenvalue weighted by Gasteiger charge is 2.01. The zero-order valence-electron chi connectivity index (χ0n) is 12.1. The number of hydrogen-bond acceptors (Lipinski definition) is 3. The molecule has 0 heterocycles. The molecule has 0 unspecified atom stereocenters. The molecule has 1 rings (SSSR count). The van der Waals surface area contributed by atoms with Gasteiger partial charge in [0.2, 0.25) is 5.91 Å². The minimum absolute atomic E-state index is 0.0219. The first-order chi connectivity index (χ1) is 9.15. The van der Waals surface area contributed by atoms with Crippen LogP contribution in [-0.2, 0) is 10.5 Å². The Morgan fingerprint density at radius 2 is 2.05 bits per heavy atom. The Balaban J connectivity index is 2.34. The van der Waals surface area contributed by atoms with E-state index in [1.165, 1.54) is 12.5 Å². The van der Waals surface area contributed by atoms with E-state index in [-0.39, 0.29) is 5.91 Å². The summed E-state index contributed by atoms with van der Waals surface area (Å²) >= 11 is 1.94. The van der Waals surface area contributed by atoms with E-state index in [1.807, 2.05) is 30.0 Å². The van der Waals surface area contributed by atoms with Crippen LogP contribution in [0.25, 0.3) is 0 Å². The van der Waals surface area contributed by atoms with Crippen LogP contribution in [0.2, 0.25) is 0 Å². The van der Waals surface area contributed by atoms with E-state index < -0.39 is 0 Å². The molecule has 1 aromatic carbocycles. The second kappa shape index (κ2) is 8.99. The van der Waals surface area contributed by atoms with Gasteiger partial charge in [0.05, 0.1) is 0 Å². The molecule has 1 N–H and O–H groups in total. The largest absolute Gasteiger partial charge is 0.326 e. The maximum Gasteiger partial charge on any atom is 0.221 e. The van der Waals surface area contributed by atoms with Crippen LogP contribution >= 0.6 is 11.8 Å². The lowest BCUT2D eigenvalue weighted by Crippen LogP contribution is -2.25. The zero-order chi connectivity index (χ0) is 14.1. The van der Waals surface area contributed by atoms with E-state index in [0.29, 0.717) is 0 Å². The smallest absolute Gasteiger partial charge is 0.221 e. The van der Waals surface area contributed by atoms with E-state index >= 15 is 0 Å². The lowest BCUT2D eigenvalue weighted by atomic mass is 10.2. The van der Waals surface area contributed by atoms with Gasteiger partial charge in [-0.3, -0.25) is 4.79 Å². The topological polar surface area (TPSA) is 32.3 Å². The molecule has 0 aliphatic heterocycles. The molecule has 1 amide bonds. The summed E-state index contributed by atoms with van der Waals surface area (Å²) in [6.07, 6.45) is 0. The van der Waals surface area contributed by atoms with Gasteiger partial charge in [0.25, 0.3) is 0 Å². The van der Waals surface area contributed by atoms with Crippen molar-refractivity contribution in [3.63, 3.8) is 0 Å². The molecule has 4 heteroatoms. The second-order valence-electron chi connectivity index (χ2n) is 4.46. The van der Waals surface area contributed by atoms with Gasteiger partial charge in [-0.15, -0.1) is 0 Å². The normalized spacial score (nSPS) is 10.7. The van der Waals surface area contributed by atoms with E-state index in [2.05, 4.69) is 30.1 Å². The van der Waals surface area contributed by atoms with Crippen molar-refractivity contribution < 1.29 is 4.79 Å². The molecule has 0 bridgehead atoms. The van der Waals surface area contributed by atoms with Crippen molar-refractivity contribution in [1.82, 2.24) is 4.90 Å². The summed E-state index contributed by atoms with van der Waals surface area (Å²) in [4.78, 5) is 13.4. The number of thioether (sulfide) groups is 1. The summed E-state index contributed by atoms with van der Waals surface area (Å²) in [5.41, 5.74) is 2.14. The van der Waals surface area contributed by atoms with Crippen LogP contribution in [0.5, 0.6) is 0 Å². The standard InChI is InChI=1S/C15H24N2OS/c1-4-17(5-2)9-10-19-12-14-7-6-8-15(11-14)16-13(3)18/h6-8,11H,4-5,9-10,12H2,1-3H3,(H,16,18). The Hall–Kier alpha value is -1.00. The molecule has 19 heavy (non-hydrogen) atoms. The number of nitrogens with one attached hydrogen (secondary N) is 1. The third-order valence-electron chi connectivity index (χ3n) is 2.96. The van der Waals surface area contributed by atoms with Gasteiger partial charge in [-0.25, -0.2) is 0 Å². The number of anilines is 1. The van der Waals surface area contributed by atoms with E-state index in [4.69, 9.17) is 0 Å². The SMILES string of the molecule is CCN(CC)CCSCc1cccc(NC(C)=O)c1. The minimum atomic E-state index is -0.0219. The molecule has 3 nitrogen and oxygen atoms in total. The van der Waals surface area contributed by atoms with E-state index in [1.54, 1.807) is 0 Å². The summed E-state index contributed by atoms with van der Waals surface area (Å²) in [7, 11) is 0. The number of amides is 1. The molecule has 0 radical (unpaired) electrons. The van der Waals surface area contributed by atoms with Gasteiger partial charge in [-0.05, 0) is 30.8 Å². The molecule has 1 aromatic rings. The predicted octanol–water partition coefficient (Wildman–Crippen LogP) is 3.22. The number of nitrogens with zero attached hydrogens (tertiary/aromatic N) is 1. The lowest BCUT2D eigenvalue weighted by molar-refractivity contribution is -0.114. The van der Waals surface area contributed by atoms with E-state index in [9.17, 15) is 4.79 Å². The van der Waals surface area contributed by atoms with Gasteiger partial charge >= 0.3 is 0 Å². The summed E-state index contributed by atoms with van der Waals surface area (Å²) < 4.78 is 0. The Morgan fingerprint density at radius 3 is 2.68 bits per heavy atom.